The maximum absolute atomic E-state index is 12.9. The first-order valence-electron chi connectivity index (χ1n) is 10.2. The van der Waals surface area contributed by atoms with E-state index < -0.39 is 60.2 Å². The number of carboxylic acids is 2. The van der Waals surface area contributed by atoms with Gasteiger partial charge >= 0.3 is 11.9 Å². The molecule has 0 heterocycles. The summed E-state index contributed by atoms with van der Waals surface area (Å²) in [5, 5.41) is 25.1. The minimum absolute atomic E-state index is 0.0550. The molecule has 0 spiro atoms. The molecule has 14 nitrogen and oxygen atoms in total. The number of carbonyl (C=O) groups is 5. The largest absolute Gasteiger partial charge is 0.481 e. The standard InChI is InChI=1S/C18H33N7O7S2/c1-34-6-4-9(19)14(28)23-10(3-2-5-22-18(20)21)15(29)24-11(7-13(26)27)16(30)25-12(8-33)17(31)32/h9-12,33H,2-8,19H2,1H3,(H,23,28)(H,24,29)(H,25,30)(H,26,27)(H,31,32)(H4,20,21,22). The maximum atomic E-state index is 12.9. The number of nitrogens with one attached hydrogen (secondary N) is 3. The second-order valence-corrected chi connectivity index (χ2v) is 8.49. The molecule has 194 valence electrons. The molecule has 16 heteroatoms. The van der Waals surface area contributed by atoms with Gasteiger partial charge in [-0.3, -0.25) is 24.2 Å². The molecule has 11 N–H and O–H groups in total. The summed E-state index contributed by atoms with van der Waals surface area (Å²) < 4.78 is 0. The van der Waals surface area contributed by atoms with Crippen LogP contribution in [-0.4, -0.2) is 94.3 Å². The van der Waals surface area contributed by atoms with E-state index in [0.717, 1.165) is 0 Å². The Bertz CT molecular complexity index is 750. The number of thiol groups is 1. The molecule has 0 saturated heterocycles. The molecule has 0 fully saturated rings. The number of carboxylic acid groups (broad SMARTS) is 2. The second kappa shape index (κ2) is 16.8. The zero-order valence-corrected chi connectivity index (χ0v) is 20.4. The predicted octanol–water partition coefficient (Wildman–Crippen LogP) is -2.94. The highest BCUT2D eigenvalue weighted by Gasteiger charge is 2.31. The van der Waals surface area contributed by atoms with Crippen molar-refractivity contribution in [2.24, 2.45) is 22.2 Å². The first-order valence-corrected chi connectivity index (χ1v) is 12.2. The summed E-state index contributed by atoms with van der Waals surface area (Å²) >= 11 is 5.32. The van der Waals surface area contributed by atoms with Crippen LogP contribution in [0.4, 0.5) is 0 Å². The average Bonchev–Trinajstić information content (AvgIpc) is 2.75. The molecular weight excluding hydrogens is 490 g/mol. The van der Waals surface area contributed by atoms with E-state index in [4.69, 9.17) is 27.4 Å². The van der Waals surface area contributed by atoms with Crippen LogP contribution in [-0.2, 0) is 24.0 Å². The van der Waals surface area contributed by atoms with Gasteiger partial charge in [0.05, 0.1) is 12.5 Å². The van der Waals surface area contributed by atoms with Gasteiger partial charge in [-0.25, -0.2) is 4.79 Å². The zero-order valence-electron chi connectivity index (χ0n) is 18.7. The highest BCUT2D eigenvalue weighted by Crippen LogP contribution is 2.05. The highest BCUT2D eigenvalue weighted by atomic mass is 32.2. The van der Waals surface area contributed by atoms with Crippen molar-refractivity contribution < 1.29 is 34.2 Å². The van der Waals surface area contributed by atoms with Crippen LogP contribution in [0.2, 0.25) is 0 Å². The van der Waals surface area contributed by atoms with E-state index in [-0.39, 0.29) is 31.1 Å². The molecule has 0 rings (SSSR count). The fourth-order valence-electron chi connectivity index (χ4n) is 2.54. The molecule has 0 bridgehead atoms. The number of thioether (sulfide) groups is 1. The van der Waals surface area contributed by atoms with Crippen molar-refractivity contribution in [3.63, 3.8) is 0 Å². The molecular formula is C18H33N7O7S2. The van der Waals surface area contributed by atoms with E-state index in [2.05, 4.69) is 33.6 Å². The monoisotopic (exact) mass is 523 g/mol. The molecule has 4 atom stereocenters. The van der Waals surface area contributed by atoms with Gasteiger partial charge in [-0.15, -0.1) is 0 Å². The van der Waals surface area contributed by atoms with Gasteiger partial charge in [0.15, 0.2) is 5.96 Å². The molecule has 0 aliphatic heterocycles. The molecule has 34 heavy (non-hydrogen) atoms. The fraction of sp³-hybridized carbons (Fsp3) is 0.667. The highest BCUT2D eigenvalue weighted by molar-refractivity contribution is 7.98. The van der Waals surface area contributed by atoms with Crippen molar-refractivity contribution in [2.75, 3.05) is 24.3 Å². The van der Waals surface area contributed by atoms with Gasteiger partial charge in [0.2, 0.25) is 17.7 Å². The van der Waals surface area contributed by atoms with Crippen LogP contribution in [0.25, 0.3) is 0 Å². The van der Waals surface area contributed by atoms with Crippen molar-refractivity contribution in [3.05, 3.63) is 0 Å². The third-order valence-corrected chi connectivity index (χ3v) is 5.37. The number of aliphatic imine (C=N–C) groups is 1. The topological polar surface area (TPSA) is 252 Å². The average molecular weight is 524 g/mol. The first-order chi connectivity index (χ1) is 15.9. The number of amides is 3. The van der Waals surface area contributed by atoms with E-state index >= 15 is 0 Å². The van der Waals surface area contributed by atoms with E-state index in [9.17, 15) is 24.0 Å². The van der Waals surface area contributed by atoms with Crippen LogP contribution in [0, 0.1) is 0 Å². The Morgan fingerprint density at radius 1 is 0.941 bits per heavy atom. The number of aliphatic carboxylic acids is 2. The molecule has 0 aromatic rings. The lowest BCUT2D eigenvalue weighted by Crippen LogP contribution is -2.57. The Balaban J connectivity index is 5.50. The Labute approximate surface area is 206 Å². The summed E-state index contributed by atoms with van der Waals surface area (Å²) in [5.74, 6) is -5.07. The summed E-state index contributed by atoms with van der Waals surface area (Å²) in [4.78, 5) is 63.9. The van der Waals surface area contributed by atoms with E-state index in [1.165, 1.54) is 11.8 Å². The molecule has 3 amide bonds. The van der Waals surface area contributed by atoms with Gasteiger partial charge in [-0.1, -0.05) is 0 Å². The van der Waals surface area contributed by atoms with Crippen molar-refractivity contribution in [1.29, 1.82) is 0 Å². The number of hydrogen-bond donors (Lipinski definition) is 9. The van der Waals surface area contributed by atoms with Crippen molar-refractivity contribution in [1.82, 2.24) is 16.0 Å². The van der Waals surface area contributed by atoms with Crippen molar-refractivity contribution in [3.8, 4) is 0 Å². The number of nitrogens with zero attached hydrogens (tertiary/aromatic N) is 1. The summed E-state index contributed by atoms with van der Waals surface area (Å²) in [5.41, 5.74) is 16.4. The van der Waals surface area contributed by atoms with Gasteiger partial charge in [0.25, 0.3) is 0 Å². The molecule has 0 saturated carbocycles. The quantitative estimate of drug-likeness (QED) is 0.0403. The minimum Gasteiger partial charge on any atom is -0.481 e. The number of nitrogens with two attached hydrogens (primary N) is 3. The lowest BCUT2D eigenvalue weighted by atomic mass is 10.1. The Morgan fingerprint density at radius 3 is 2.00 bits per heavy atom. The molecule has 0 radical (unpaired) electrons. The molecule has 0 aliphatic rings. The number of hydrogen-bond acceptors (Lipinski definition) is 9. The third-order valence-electron chi connectivity index (χ3n) is 4.36. The van der Waals surface area contributed by atoms with Crippen LogP contribution >= 0.6 is 24.4 Å². The lowest BCUT2D eigenvalue weighted by molar-refractivity contribution is -0.143. The SMILES string of the molecule is CSCCC(N)C(=O)NC(CCCN=C(N)N)C(=O)NC(CC(=O)O)C(=O)NC(CS)C(=O)O. The molecule has 0 aliphatic carbocycles. The Hall–Kier alpha value is -2.72. The molecule has 0 aromatic carbocycles. The van der Waals surface area contributed by atoms with Gasteiger partial charge in [-0.2, -0.15) is 24.4 Å². The van der Waals surface area contributed by atoms with Crippen molar-refractivity contribution in [2.45, 2.75) is 49.9 Å². The van der Waals surface area contributed by atoms with E-state index in [0.29, 0.717) is 12.2 Å². The van der Waals surface area contributed by atoms with Crippen LogP contribution in [0.15, 0.2) is 4.99 Å². The molecule has 4 unspecified atom stereocenters. The van der Waals surface area contributed by atoms with E-state index in [1.807, 2.05) is 6.26 Å². The fourth-order valence-corrected chi connectivity index (χ4v) is 3.28. The maximum Gasteiger partial charge on any atom is 0.327 e. The Morgan fingerprint density at radius 2 is 1.50 bits per heavy atom. The summed E-state index contributed by atoms with van der Waals surface area (Å²) in [6.45, 7) is 0.155. The predicted molar refractivity (Wildman–Crippen MR) is 130 cm³/mol. The molecule has 0 aromatic heterocycles. The number of guanidine groups is 1. The number of rotatable bonds is 17. The van der Waals surface area contributed by atoms with Crippen LogP contribution in [0.1, 0.15) is 25.7 Å². The van der Waals surface area contributed by atoms with E-state index in [1.54, 1.807) is 0 Å². The van der Waals surface area contributed by atoms with Crippen LogP contribution in [0.5, 0.6) is 0 Å². The first kappa shape index (κ1) is 31.3. The minimum atomic E-state index is -1.60. The summed E-state index contributed by atoms with van der Waals surface area (Å²) in [6, 6.07) is -5.06. The van der Waals surface area contributed by atoms with Gasteiger partial charge in [0.1, 0.15) is 18.1 Å². The second-order valence-electron chi connectivity index (χ2n) is 7.14. The Kier molecular flexibility index (Phi) is 15.5. The zero-order chi connectivity index (χ0) is 26.3. The summed E-state index contributed by atoms with van der Waals surface area (Å²) in [6.07, 6.45) is 1.71. The van der Waals surface area contributed by atoms with Crippen LogP contribution < -0.4 is 33.2 Å². The number of carbonyl (C=O) groups excluding carboxylic acids is 3. The van der Waals surface area contributed by atoms with Gasteiger partial charge in [-0.05, 0) is 31.3 Å². The van der Waals surface area contributed by atoms with Crippen molar-refractivity contribution >= 4 is 60.0 Å². The summed E-state index contributed by atoms with van der Waals surface area (Å²) in [7, 11) is 0. The van der Waals surface area contributed by atoms with Crippen LogP contribution in [0.3, 0.4) is 0 Å². The van der Waals surface area contributed by atoms with Gasteiger partial charge in [0, 0.05) is 12.3 Å². The lowest BCUT2D eigenvalue weighted by Gasteiger charge is -2.24. The third kappa shape index (κ3) is 13.1. The van der Waals surface area contributed by atoms with Gasteiger partial charge < -0.3 is 43.4 Å². The smallest absolute Gasteiger partial charge is 0.327 e. The normalized spacial score (nSPS) is 14.1.